The highest BCUT2D eigenvalue weighted by Gasteiger charge is 2.33. The fraction of sp³-hybridized carbons (Fsp3) is 0.400. The number of methoxy groups -OCH3 is 2. The van der Waals surface area contributed by atoms with Crippen molar-refractivity contribution in [2.75, 3.05) is 39.2 Å². The molecule has 0 bridgehead atoms. The molecule has 2 aromatic rings. The van der Waals surface area contributed by atoms with Gasteiger partial charge in [0.05, 0.1) is 26.3 Å². The number of aliphatic imine (C=N–C) groups is 1. The lowest BCUT2D eigenvalue weighted by Crippen LogP contribution is -2.39. The number of guanidine groups is 1. The van der Waals surface area contributed by atoms with E-state index in [1.165, 1.54) is 12.3 Å². The maximum atomic E-state index is 13.0. The number of hydrogen-bond donors (Lipinski definition) is 3. The largest absolute Gasteiger partial charge is 0.497 e. The normalized spacial score (nSPS) is 11.7. The molecule has 7 nitrogen and oxygen atoms in total. The maximum Gasteiger partial charge on any atom is 0.419 e. The zero-order valence-corrected chi connectivity index (χ0v) is 17.1. The summed E-state index contributed by atoms with van der Waals surface area (Å²) in [5.41, 5.74) is 0.0779. The molecule has 1 heterocycles. The first kappa shape index (κ1) is 23.1. The van der Waals surface area contributed by atoms with Crippen molar-refractivity contribution in [1.29, 1.82) is 0 Å². The SMILES string of the molecule is CCNC(=NCc1ccc(OC)cc1OC)NCCNc1ncccc1C(F)(F)F. The highest BCUT2D eigenvalue weighted by Crippen LogP contribution is 2.33. The maximum absolute atomic E-state index is 13.0. The average molecular weight is 425 g/mol. The molecule has 30 heavy (non-hydrogen) atoms. The van der Waals surface area contributed by atoms with Crippen molar-refractivity contribution in [2.24, 2.45) is 4.99 Å². The summed E-state index contributed by atoms with van der Waals surface area (Å²) < 4.78 is 49.6. The second kappa shape index (κ2) is 11.1. The van der Waals surface area contributed by atoms with Gasteiger partial charge in [-0.3, -0.25) is 0 Å². The van der Waals surface area contributed by atoms with Gasteiger partial charge in [-0.2, -0.15) is 13.2 Å². The molecule has 3 N–H and O–H groups in total. The number of nitrogens with zero attached hydrogens (tertiary/aromatic N) is 2. The van der Waals surface area contributed by atoms with Gasteiger partial charge in [-0.15, -0.1) is 0 Å². The molecule has 0 unspecified atom stereocenters. The number of halogens is 3. The van der Waals surface area contributed by atoms with Crippen LogP contribution in [0.5, 0.6) is 11.5 Å². The number of hydrogen-bond acceptors (Lipinski definition) is 5. The van der Waals surface area contributed by atoms with Gasteiger partial charge in [-0.25, -0.2) is 9.98 Å². The van der Waals surface area contributed by atoms with Crippen molar-refractivity contribution in [3.63, 3.8) is 0 Å². The van der Waals surface area contributed by atoms with E-state index in [4.69, 9.17) is 9.47 Å². The molecule has 0 spiro atoms. The second-order valence-electron chi connectivity index (χ2n) is 6.12. The van der Waals surface area contributed by atoms with Crippen LogP contribution in [0.1, 0.15) is 18.1 Å². The van der Waals surface area contributed by atoms with E-state index in [0.29, 0.717) is 37.1 Å². The predicted molar refractivity (Wildman–Crippen MR) is 110 cm³/mol. The van der Waals surface area contributed by atoms with E-state index in [0.717, 1.165) is 11.6 Å². The Morgan fingerprint density at radius 3 is 2.57 bits per heavy atom. The zero-order valence-electron chi connectivity index (χ0n) is 17.1. The van der Waals surface area contributed by atoms with Gasteiger partial charge in [0.1, 0.15) is 17.3 Å². The summed E-state index contributed by atoms with van der Waals surface area (Å²) in [5, 5.41) is 8.89. The molecule has 1 aromatic carbocycles. The van der Waals surface area contributed by atoms with Crippen LogP contribution < -0.4 is 25.4 Å². The van der Waals surface area contributed by atoms with Crippen molar-refractivity contribution < 1.29 is 22.6 Å². The Hall–Kier alpha value is -3.17. The van der Waals surface area contributed by atoms with E-state index in [1.54, 1.807) is 20.3 Å². The Morgan fingerprint density at radius 2 is 1.90 bits per heavy atom. The third-order valence-corrected chi connectivity index (χ3v) is 4.07. The molecule has 0 atom stereocenters. The van der Waals surface area contributed by atoms with Gasteiger partial charge in [-0.1, -0.05) is 0 Å². The molecule has 0 aliphatic heterocycles. The topological polar surface area (TPSA) is 79.8 Å². The van der Waals surface area contributed by atoms with Crippen LogP contribution in [0.4, 0.5) is 19.0 Å². The Morgan fingerprint density at radius 1 is 1.10 bits per heavy atom. The highest BCUT2D eigenvalue weighted by molar-refractivity contribution is 5.79. The van der Waals surface area contributed by atoms with Crippen LogP contribution in [-0.2, 0) is 12.7 Å². The minimum atomic E-state index is -4.46. The highest BCUT2D eigenvalue weighted by atomic mass is 19.4. The molecule has 0 radical (unpaired) electrons. The lowest BCUT2D eigenvalue weighted by Gasteiger charge is -2.15. The van der Waals surface area contributed by atoms with Crippen LogP contribution in [0.3, 0.4) is 0 Å². The van der Waals surface area contributed by atoms with E-state index in [-0.39, 0.29) is 12.4 Å². The first-order valence-corrected chi connectivity index (χ1v) is 9.38. The number of rotatable bonds is 9. The van der Waals surface area contributed by atoms with Crippen LogP contribution in [0.2, 0.25) is 0 Å². The van der Waals surface area contributed by atoms with E-state index in [1.807, 2.05) is 19.1 Å². The Bertz CT molecular complexity index is 843. The summed E-state index contributed by atoms with van der Waals surface area (Å²) in [6.45, 7) is 3.49. The standard InChI is InChI=1S/C20H26F3N5O2/c1-4-24-19(28-13-14-7-8-15(29-2)12-17(14)30-3)27-11-10-26-18-16(20(21,22)23)6-5-9-25-18/h5-9,12H,4,10-11,13H2,1-3H3,(H,25,26)(H2,24,27,28). The van der Waals surface area contributed by atoms with Gasteiger partial charge in [0.25, 0.3) is 0 Å². The lowest BCUT2D eigenvalue weighted by molar-refractivity contribution is -0.137. The minimum Gasteiger partial charge on any atom is -0.497 e. The molecular formula is C20H26F3N5O2. The fourth-order valence-corrected chi connectivity index (χ4v) is 2.63. The lowest BCUT2D eigenvalue weighted by atomic mass is 10.2. The monoisotopic (exact) mass is 425 g/mol. The average Bonchev–Trinajstić information content (AvgIpc) is 2.74. The first-order chi connectivity index (χ1) is 14.4. The Balaban J connectivity index is 1.95. The predicted octanol–water partition coefficient (Wildman–Crippen LogP) is 3.28. The first-order valence-electron chi connectivity index (χ1n) is 9.38. The number of benzene rings is 1. The zero-order chi connectivity index (χ0) is 22.0. The molecule has 164 valence electrons. The summed E-state index contributed by atoms with van der Waals surface area (Å²) in [6.07, 6.45) is -3.14. The van der Waals surface area contributed by atoms with Crippen LogP contribution in [0, 0.1) is 0 Å². The number of nitrogens with one attached hydrogen (secondary N) is 3. The third-order valence-electron chi connectivity index (χ3n) is 4.07. The van der Waals surface area contributed by atoms with Gasteiger partial charge < -0.3 is 25.4 Å². The molecule has 0 saturated carbocycles. The van der Waals surface area contributed by atoms with Gasteiger partial charge in [-0.05, 0) is 31.2 Å². The molecule has 0 aliphatic rings. The second-order valence-corrected chi connectivity index (χ2v) is 6.12. The van der Waals surface area contributed by atoms with Crippen molar-refractivity contribution in [3.05, 3.63) is 47.7 Å². The minimum absolute atomic E-state index is 0.197. The van der Waals surface area contributed by atoms with Crippen molar-refractivity contribution in [1.82, 2.24) is 15.6 Å². The van der Waals surface area contributed by atoms with Gasteiger partial charge in [0.2, 0.25) is 0 Å². The summed E-state index contributed by atoms with van der Waals surface area (Å²) >= 11 is 0. The number of alkyl halides is 3. The molecule has 1 aromatic heterocycles. The number of aromatic nitrogens is 1. The Kier molecular flexibility index (Phi) is 8.57. The number of anilines is 1. The third kappa shape index (κ3) is 6.71. The van der Waals surface area contributed by atoms with E-state index < -0.39 is 11.7 Å². The fourth-order valence-electron chi connectivity index (χ4n) is 2.63. The van der Waals surface area contributed by atoms with Crippen molar-refractivity contribution in [3.8, 4) is 11.5 Å². The van der Waals surface area contributed by atoms with Gasteiger partial charge in [0.15, 0.2) is 5.96 Å². The molecule has 0 saturated heterocycles. The van der Waals surface area contributed by atoms with Crippen LogP contribution >= 0.6 is 0 Å². The smallest absolute Gasteiger partial charge is 0.419 e. The quantitative estimate of drug-likeness (QED) is 0.325. The molecule has 2 rings (SSSR count). The van der Waals surface area contributed by atoms with Crippen LogP contribution in [-0.4, -0.2) is 44.8 Å². The van der Waals surface area contributed by atoms with E-state index in [2.05, 4.69) is 25.9 Å². The summed E-state index contributed by atoms with van der Waals surface area (Å²) in [6, 6.07) is 7.72. The van der Waals surface area contributed by atoms with Crippen molar-refractivity contribution in [2.45, 2.75) is 19.6 Å². The molecule has 0 amide bonds. The van der Waals surface area contributed by atoms with Crippen molar-refractivity contribution >= 4 is 11.8 Å². The molecule has 0 fully saturated rings. The summed E-state index contributed by atoms with van der Waals surface area (Å²) in [7, 11) is 3.15. The Labute approximate surface area is 173 Å². The van der Waals surface area contributed by atoms with Crippen LogP contribution in [0.25, 0.3) is 0 Å². The van der Waals surface area contributed by atoms with Gasteiger partial charge >= 0.3 is 6.18 Å². The summed E-state index contributed by atoms with van der Waals surface area (Å²) in [5.74, 6) is 1.68. The summed E-state index contributed by atoms with van der Waals surface area (Å²) in [4.78, 5) is 8.28. The van der Waals surface area contributed by atoms with E-state index >= 15 is 0 Å². The number of ether oxygens (including phenoxy) is 2. The van der Waals surface area contributed by atoms with Crippen LogP contribution in [0.15, 0.2) is 41.5 Å². The molecule has 10 heteroatoms. The number of pyridine rings is 1. The molecular weight excluding hydrogens is 399 g/mol. The van der Waals surface area contributed by atoms with Gasteiger partial charge in [0, 0.05) is 37.5 Å². The van der Waals surface area contributed by atoms with E-state index in [9.17, 15) is 13.2 Å². The molecule has 0 aliphatic carbocycles.